The van der Waals surface area contributed by atoms with Gasteiger partial charge in [-0.05, 0) is 24.7 Å². The Bertz CT molecular complexity index is 350. The zero-order valence-electron chi connectivity index (χ0n) is 9.85. The van der Waals surface area contributed by atoms with Gasteiger partial charge in [0.2, 0.25) is 0 Å². The van der Waals surface area contributed by atoms with Gasteiger partial charge in [0.15, 0.2) is 0 Å². The summed E-state index contributed by atoms with van der Waals surface area (Å²) in [5, 5.41) is 12.9. The Morgan fingerprint density at radius 2 is 2.19 bits per heavy atom. The molecule has 1 atom stereocenters. The Kier molecular flexibility index (Phi) is 3.39. The summed E-state index contributed by atoms with van der Waals surface area (Å²) in [6, 6.07) is 1.95. The summed E-state index contributed by atoms with van der Waals surface area (Å²) < 4.78 is 0. The van der Waals surface area contributed by atoms with E-state index < -0.39 is 0 Å². The SMILES string of the molecule is CC(C)c1cc(NCC(O)C2CC2)ncn1. The standard InChI is InChI=1S/C12H19N3O/c1-8(2)10-5-12(15-7-14-10)13-6-11(16)9-3-4-9/h5,7-9,11,16H,3-4,6H2,1-2H3,(H,13,14,15). The van der Waals surface area contributed by atoms with Crippen LogP contribution >= 0.6 is 0 Å². The van der Waals surface area contributed by atoms with Crippen LogP contribution in [0.4, 0.5) is 5.82 Å². The number of nitrogens with zero attached hydrogens (tertiary/aromatic N) is 2. The third-order valence-electron chi connectivity index (χ3n) is 2.94. The van der Waals surface area contributed by atoms with Crippen LogP contribution in [0.25, 0.3) is 0 Å². The minimum atomic E-state index is -0.238. The van der Waals surface area contributed by atoms with Crippen molar-refractivity contribution in [3.63, 3.8) is 0 Å². The minimum absolute atomic E-state index is 0.238. The maximum Gasteiger partial charge on any atom is 0.129 e. The Balaban J connectivity index is 1.90. The fraction of sp³-hybridized carbons (Fsp3) is 0.667. The molecule has 16 heavy (non-hydrogen) atoms. The highest BCUT2D eigenvalue weighted by Gasteiger charge is 2.29. The van der Waals surface area contributed by atoms with Crippen LogP contribution in [-0.2, 0) is 0 Å². The summed E-state index contributed by atoms with van der Waals surface area (Å²) in [4.78, 5) is 8.34. The lowest BCUT2D eigenvalue weighted by Gasteiger charge is -2.12. The van der Waals surface area contributed by atoms with Gasteiger partial charge in [0.25, 0.3) is 0 Å². The molecular weight excluding hydrogens is 202 g/mol. The van der Waals surface area contributed by atoms with Crippen LogP contribution in [0.5, 0.6) is 0 Å². The molecule has 2 N–H and O–H groups in total. The minimum Gasteiger partial charge on any atom is -0.391 e. The topological polar surface area (TPSA) is 58.0 Å². The average molecular weight is 221 g/mol. The fourth-order valence-corrected chi connectivity index (χ4v) is 1.64. The van der Waals surface area contributed by atoms with E-state index in [1.165, 1.54) is 0 Å². The first-order chi connectivity index (χ1) is 7.66. The Labute approximate surface area is 96.1 Å². The molecule has 0 aromatic carbocycles. The molecule has 1 fully saturated rings. The third kappa shape index (κ3) is 2.92. The summed E-state index contributed by atoms with van der Waals surface area (Å²) in [5.74, 6) is 1.70. The van der Waals surface area contributed by atoms with E-state index in [0.717, 1.165) is 24.4 Å². The van der Waals surface area contributed by atoms with Crippen molar-refractivity contribution < 1.29 is 5.11 Å². The highest BCUT2D eigenvalue weighted by Crippen LogP contribution is 2.32. The average Bonchev–Trinajstić information content (AvgIpc) is 3.10. The smallest absolute Gasteiger partial charge is 0.129 e. The number of hydrogen-bond donors (Lipinski definition) is 2. The van der Waals surface area contributed by atoms with Gasteiger partial charge in [0.05, 0.1) is 6.10 Å². The van der Waals surface area contributed by atoms with Gasteiger partial charge in [0, 0.05) is 18.3 Å². The van der Waals surface area contributed by atoms with Crippen molar-refractivity contribution in [3.05, 3.63) is 18.1 Å². The molecular formula is C12H19N3O. The maximum absolute atomic E-state index is 9.72. The Hall–Kier alpha value is -1.16. The van der Waals surface area contributed by atoms with Crippen LogP contribution in [-0.4, -0.2) is 27.7 Å². The van der Waals surface area contributed by atoms with Gasteiger partial charge in [-0.25, -0.2) is 9.97 Å². The fourth-order valence-electron chi connectivity index (χ4n) is 1.64. The molecule has 88 valence electrons. The zero-order chi connectivity index (χ0) is 11.5. The molecule has 4 nitrogen and oxygen atoms in total. The lowest BCUT2D eigenvalue weighted by atomic mass is 10.1. The molecule has 0 spiro atoms. The van der Waals surface area contributed by atoms with Gasteiger partial charge < -0.3 is 10.4 Å². The van der Waals surface area contributed by atoms with Gasteiger partial charge in [-0.2, -0.15) is 0 Å². The maximum atomic E-state index is 9.72. The molecule has 1 aromatic rings. The molecule has 0 amide bonds. The van der Waals surface area contributed by atoms with Crippen molar-refractivity contribution in [2.75, 3.05) is 11.9 Å². The number of aliphatic hydroxyl groups excluding tert-OH is 1. The number of nitrogens with one attached hydrogen (secondary N) is 1. The number of aromatic nitrogens is 2. The molecule has 1 unspecified atom stereocenters. The molecule has 1 saturated carbocycles. The van der Waals surface area contributed by atoms with Crippen molar-refractivity contribution in [3.8, 4) is 0 Å². The van der Waals surface area contributed by atoms with Gasteiger partial charge in [-0.15, -0.1) is 0 Å². The van der Waals surface area contributed by atoms with Crippen molar-refractivity contribution in [2.45, 2.75) is 38.7 Å². The van der Waals surface area contributed by atoms with Crippen LogP contribution in [0, 0.1) is 5.92 Å². The van der Waals surface area contributed by atoms with E-state index in [4.69, 9.17) is 0 Å². The molecule has 0 saturated heterocycles. The predicted octanol–water partition coefficient (Wildman–Crippen LogP) is 1.78. The lowest BCUT2D eigenvalue weighted by molar-refractivity contribution is 0.164. The third-order valence-corrected chi connectivity index (χ3v) is 2.94. The highest BCUT2D eigenvalue weighted by atomic mass is 16.3. The number of anilines is 1. The van der Waals surface area contributed by atoms with Gasteiger partial charge in [-0.1, -0.05) is 13.8 Å². The van der Waals surface area contributed by atoms with Crippen LogP contribution in [0.3, 0.4) is 0 Å². The summed E-state index contributed by atoms with van der Waals surface area (Å²) in [7, 11) is 0. The van der Waals surface area contributed by atoms with Crippen LogP contribution in [0.1, 0.15) is 38.3 Å². The Morgan fingerprint density at radius 1 is 1.44 bits per heavy atom. The number of aliphatic hydroxyl groups is 1. The van der Waals surface area contributed by atoms with Crippen molar-refractivity contribution >= 4 is 5.82 Å². The number of rotatable bonds is 5. The van der Waals surface area contributed by atoms with E-state index in [9.17, 15) is 5.11 Å². The summed E-state index contributed by atoms with van der Waals surface area (Å²) >= 11 is 0. The second-order valence-corrected chi connectivity index (χ2v) is 4.77. The molecule has 1 aromatic heterocycles. The molecule has 2 rings (SSSR count). The van der Waals surface area contributed by atoms with Crippen LogP contribution < -0.4 is 5.32 Å². The second kappa shape index (κ2) is 4.78. The molecule has 1 heterocycles. The monoisotopic (exact) mass is 221 g/mol. The van der Waals surface area contributed by atoms with Gasteiger partial charge >= 0.3 is 0 Å². The summed E-state index contributed by atoms with van der Waals surface area (Å²) in [5.41, 5.74) is 1.03. The second-order valence-electron chi connectivity index (χ2n) is 4.77. The predicted molar refractivity (Wildman–Crippen MR) is 63.3 cm³/mol. The molecule has 0 radical (unpaired) electrons. The first-order valence-electron chi connectivity index (χ1n) is 5.90. The first-order valence-corrected chi connectivity index (χ1v) is 5.90. The quantitative estimate of drug-likeness (QED) is 0.795. The normalized spacial score (nSPS) is 17.5. The largest absolute Gasteiger partial charge is 0.391 e. The van der Waals surface area contributed by atoms with E-state index in [0.29, 0.717) is 18.4 Å². The Morgan fingerprint density at radius 3 is 2.81 bits per heavy atom. The summed E-state index contributed by atoms with van der Waals surface area (Å²) in [6.07, 6.45) is 3.65. The van der Waals surface area contributed by atoms with Crippen molar-refractivity contribution in [2.24, 2.45) is 5.92 Å². The van der Waals surface area contributed by atoms with Crippen molar-refractivity contribution in [1.82, 2.24) is 9.97 Å². The molecule has 4 heteroatoms. The van der Waals surface area contributed by atoms with E-state index in [1.54, 1.807) is 6.33 Å². The first kappa shape index (κ1) is 11.3. The number of hydrogen-bond acceptors (Lipinski definition) is 4. The zero-order valence-corrected chi connectivity index (χ0v) is 9.85. The molecule has 1 aliphatic rings. The van der Waals surface area contributed by atoms with Crippen LogP contribution in [0.2, 0.25) is 0 Å². The highest BCUT2D eigenvalue weighted by molar-refractivity contribution is 5.35. The van der Waals surface area contributed by atoms with Crippen molar-refractivity contribution in [1.29, 1.82) is 0 Å². The molecule has 0 aliphatic heterocycles. The van der Waals surface area contributed by atoms with Gasteiger partial charge in [-0.3, -0.25) is 0 Å². The van der Waals surface area contributed by atoms with E-state index in [2.05, 4.69) is 29.1 Å². The van der Waals surface area contributed by atoms with E-state index >= 15 is 0 Å². The van der Waals surface area contributed by atoms with Gasteiger partial charge in [0.1, 0.15) is 12.1 Å². The molecule has 1 aliphatic carbocycles. The van der Waals surface area contributed by atoms with E-state index in [-0.39, 0.29) is 6.10 Å². The van der Waals surface area contributed by atoms with Crippen LogP contribution in [0.15, 0.2) is 12.4 Å². The molecule has 0 bridgehead atoms. The van der Waals surface area contributed by atoms with E-state index in [1.807, 2.05) is 6.07 Å². The lowest BCUT2D eigenvalue weighted by Crippen LogP contribution is -2.21. The summed E-state index contributed by atoms with van der Waals surface area (Å²) in [6.45, 7) is 4.79.